The summed E-state index contributed by atoms with van der Waals surface area (Å²) in [6, 6.07) is 0. The molecule has 152 valence electrons. The van der Waals surface area contributed by atoms with E-state index in [0.29, 0.717) is 18.8 Å². The molecule has 2 saturated heterocycles. The number of methoxy groups -OCH3 is 1. The van der Waals surface area contributed by atoms with Gasteiger partial charge in [0.1, 0.15) is 0 Å². The fourth-order valence-corrected chi connectivity index (χ4v) is 3.55. The molecule has 0 aromatic carbocycles. The Kier molecular flexibility index (Phi) is 8.64. The summed E-state index contributed by atoms with van der Waals surface area (Å²) >= 11 is 0. The zero-order valence-electron chi connectivity index (χ0n) is 17.4. The smallest absolute Gasteiger partial charge is 0.194 e. The maximum Gasteiger partial charge on any atom is 0.194 e. The Morgan fingerprint density at radius 3 is 2.54 bits per heavy atom. The molecular formula is C20H39N3O3. The highest BCUT2D eigenvalue weighted by molar-refractivity contribution is 5.80. The monoisotopic (exact) mass is 369 g/mol. The Bertz CT molecular complexity index is 423. The molecule has 6 nitrogen and oxygen atoms in total. The molecule has 0 bridgehead atoms. The molecule has 2 aliphatic rings. The number of piperidine rings is 1. The van der Waals surface area contributed by atoms with Gasteiger partial charge in [-0.3, -0.25) is 4.99 Å². The number of aliphatic imine (C=N–C) groups is 1. The van der Waals surface area contributed by atoms with Crippen LogP contribution in [-0.4, -0.2) is 75.7 Å². The molecule has 6 heteroatoms. The van der Waals surface area contributed by atoms with Crippen molar-refractivity contribution in [2.45, 2.75) is 71.7 Å². The van der Waals surface area contributed by atoms with Crippen LogP contribution in [0.15, 0.2) is 4.99 Å². The van der Waals surface area contributed by atoms with Crippen molar-refractivity contribution in [3.8, 4) is 0 Å². The lowest BCUT2D eigenvalue weighted by molar-refractivity contribution is -0.0367. The van der Waals surface area contributed by atoms with Crippen LogP contribution in [0.5, 0.6) is 0 Å². The highest BCUT2D eigenvalue weighted by Gasteiger charge is 2.26. The van der Waals surface area contributed by atoms with Crippen molar-refractivity contribution in [3.63, 3.8) is 0 Å². The summed E-state index contributed by atoms with van der Waals surface area (Å²) in [5, 5.41) is 3.43. The zero-order valence-corrected chi connectivity index (χ0v) is 17.4. The van der Waals surface area contributed by atoms with Gasteiger partial charge in [0.15, 0.2) is 5.96 Å². The van der Waals surface area contributed by atoms with Crippen LogP contribution in [0, 0.1) is 5.41 Å². The van der Waals surface area contributed by atoms with Gasteiger partial charge in [-0.15, -0.1) is 0 Å². The summed E-state index contributed by atoms with van der Waals surface area (Å²) in [6.07, 6.45) is 5.18. The average molecular weight is 370 g/mol. The van der Waals surface area contributed by atoms with Gasteiger partial charge in [-0.1, -0.05) is 20.8 Å². The molecule has 2 aliphatic heterocycles. The molecule has 0 radical (unpaired) electrons. The van der Waals surface area contributed by atoms with Crippen LogP contribution in [0.1, 0.15) is 53.4 Å². The van der Waals surface area contributed by atoms with Crippen LogP contribution in [0.3, 0.4) is 0 Å². The first kappa shape index (κ1) is 21.5. The minimum Gasteiger partial charge on any atom is -0.379 e. The van der Waals surface area contributed by atoms with Crippen LogP contribution in [0.25, 0.3) is 0 Å². The normalized spacial score (nSPS) is 24.1. The van der Waals surface area contributed by atoms with Crippen molar-refractivity contribution in [2.75, 3.05) is 46.5 Å². The number of nitrogens with zero attached hydrogens (tertiary/aromatic N) is 2. The molecular weight excluding hydrogens is 330 g/mol. The van der Waals surface area contributed by atoms with Crippen molar-refractivity contribution < 1.29 is 14.2 Å². The largest absolute Gasteiger partial charge is 0.379 e. The maximum absolute atomic E-state index is 6.08. The number of hydrogen-bond acceptors (Lipinski definition) is 4. The second-order valence-corrected chi connectivity index (χ2v) is 8.44. The Labute approximate surface area is 159 Å². The highest BCUT2D eigenvalue weighted by atomic mass is 16.5. The van der Waals surface area contributed by atoms with Gasteiger partial charge >= 0.3 is 0 Å². The molecule has 0 saturated carbocycles. The Morgan fingerprint density at radius 1 is 1.27 bits per heavy atom. The first-order valence-corrected chi connectivity index (χ1v) is 10.2. The van der Waals surface area contributed by atoms with Crippen molar-refractivity contribution >= 4 is 5.96 Å². The van der Waals surface area contributed by atoms with E-state index in [2.05, 4.69) is 37.9 Å². The Morgan fingerprint density at radius 2 is 2.00 bits per heavy atom. The lowest BCUT2D eigenvalue weighted by atomic mass is 9.89. The topological polar surface area (TPSA) is 55.3 Å². The molecule has 1 N–H and O–H groups in total. The van der Waals surface area contributed by atoms with Crippen molar-refractivity contribution in [3.05, 3.63) is 0 Å². The van der Waals surface area contributed by atoms with Gasteiger partial charge in [-0.25, -0.2) is 0 Å². The number of likely N-dealkylation sites (tertiary alicyclic amines) is 1. The Hall–Kier alpha value is -0.850. The minimum atomic E-state index is 0.0821. The number of rotatable bonds is 7. The van der Waals surface area contributed by atoms with E-state index in [-0.39, 0.29) is 11.5 Å². The molecule has 2 heterocycles. The van der Waals surface area contributed by atoms with Gasteiger partial charge in [0.25, 0.3) is 0 Å². The fraction of sp³-hybridized carbons (Fsp3) is 0.950. The summed E-state index contributed by atoms with van der Waals surface area (Å²) in [6.45, 7) is 13.9. The van der Waals surface area contributed by atoms with E-state index in [0.717, 1.165) is 58.1 Å². The number of hydrogen-bond donors (Lipinski definition) is 1. The third-order valence-electron chi connectivity index (χ3n) is 5.28. The van der Waals surface area contributed by atoms with Gasteiger partial charge < -0.3 is 24.4 Å². The lowest BCUT2D eigenvalue weighted by Gasteiger charge is -2.35. The van der Waals surface area contributed by atoms with E-state index in [1.807, 2.05) is 0 Å². The predicted octanol–water partition coefficient (Wildman–Crippen LogP) is 2.67. The summed E-state index contributed by atoms with van der Waals surface area (Å²) in [4.78, 5) is 7.21. The summed E-state index contributed by atoms with van der Waals surface area (Å²) in [5.74, 6) is 0.997. The van der Waals surface area contributed by atoms with Gasteiger partial charge in [-0.05, 0) is 38.0 Å². The SMILES string of the molecule is CCNC(=NCC(OC)C(C)(C)C)N1CCC(OCC2CCCO2)CC1. The molecule has 0 aromatic heterocycles. The second-order valence-electron chi connectivity index (χ2n) is 8.44. The Balaban J connectivity index is 1.81. The van der Waals surface area contributed by atoms with Crippen molar-refractivity contribution in [1.82, 2.24) is 10.2 Å². The molecule has 0 spiro atoms. The first-order valence-electron chi connectivity index (χ1n) is 10.2. The quantitative estimate of drug-likeness (QED) is 0.552. The molecule has 26 heavy (non-hydrogen) atoms. The van der Waals surface area contributed by atoms with E-state index in [1.54, 1.807) is 7.11 Å². The van der Waals surface area contributed by atoms with E-state index >= 15 is 0 Å². The van der Waals surface area contributed by atoms with Crippen LogP contribution in [-0.2, 0) is 14.2 Å². The molecule has 2 unspecified atom stereocenters. The maximum atomic E-state index is 6.08. The molecule has 0 aliphatic carbocycles. The highest BCUT2D eigenvalue weighted by Crippen LogP contribution is 2.22. The van der Waals surface area contributed by atoms with Gasteiger partial charge in [0.2, 0.25) is 0 Å². The summed E-state index contributed by atoms with van der Waals surface area (Å²) in [5.41, 5.74) is 0.0821. The molecule has 0 aromatic rings. The number of ether oxygens (including phenoxy) is 3. The van der Waals surface area contributed by atoms with Crippen LogP contribution in [0.4, 0.5) is 0 Å². The van der Waals surface area contributed by atoms with Crippen LogP contribution in [0.2, 0.25) is 0 Å². The third-order valence-corrected chi connectivity index (χ3v) is 5.28. The van der Waals surface area contributed by atoms with Gasteiger partial charge in [0, 0.05) is 33.4 Å². The fourth-order valence-electron chi connectivity index (χ4n) is 3.55. The average Bonchev–Trinajstić information content (AvgIpc) is 3.12. The molecule has 0 amide bonds. The van der Waals surface area contributed by atoms with Crippen LogP contribution >= 0.6 is 0 Å². The van der Waals surface area contributed by atoms with Crippen LogP contribution < -0.4 is 5.32 Å². The van der Waals surface area contributed by atoms with Gasteiger partial charge in [-0.2, -0.15) is 0 Å². The number of guanidine groups is 1. The first-order chi connectivity index (χ1) is 12.4. The lowest BCUT2D eigenvalue weighted by Crippen LogP contribution is -2.47. The van der Waals surface area contributed by atoms with E-state index in [4.69, 9.17) is 19.2 Å². The summed E-state index contributed by atoms with van der Waals surface area (Å²) < 4.78 is 17.4. The molecule has 2 rings (SSSR count). The standard InChI is InChI=1S/C20H39N3O3/c1-6-21-19(22-14-18(24-5)20(2,3)4)23-11-9-16(10-12-23)26-15-17-8-7-13-25-17/h16-18H,6-15H2,1-5H3,(H,21,22). The third kappa shape index (κ3) is 6.71. The second kappa shape index (κ2) is 10.5. The molecule has 2 fully saturated rings. The van der Waals surface area contributed by atoms with E-state index < -0.39 is 0 Å². The van der Waals surface area contributed by atoms with Crippen molar-refractivity contribution in [2.24, 2.45) is 10.4 Å². The summed E-state index contributed by atoms with van der Waals surface area (Å²) in [7, 11) is 1.77. The minimum absolute atomic E-state index is 0.0821. The number of nitrogens with one attached hydrogen (secondary N) is 1. The van der Waals surface area contributed by atoms with E-state index in [1.165, 1.54) is 6.42 Å². The molecule has 2 atom stereocenters. The van der Waals surface area contributed by atoms with E-state index in [9.17, 15) is 0 Å². The predicted molar refractivity (Wildman–Crippen MR) is 106 cm³/mol. The van der Waals surface area contributed by atoms with Crippen molar-refractivity contribution in [1.29, 1.82) is 0 Å². The zero-order chi connectivity index (χ0) is 19.0. The van der Waals surface area contributed by atoms with Gasteiger partial charge in [0.05, 0.1) is 31.5 Å².